The number of aryl methyl sites for hydroxylation is 1. The van der Waals surface area contributed by atoms with Crippen LogP contribution in [0.1, 0.15) is 57.6 Å². The third kappa shape index (κ3) is 6.61. The highest BCUT2D eigenvalue weighted by Crippen LogP contribution is 2.20. The molecule has 4 heteroatoms. The molecule has 2 unspecified atom stereocenters. The van der Waals surface area contributed by atoms with Gasteiger partial charge in [-0.15, -0.1) is 0 Å². The van der Waals surface area contributed by atoms with E-state index in [2.05, 4.69) is 41.8 Å². The van der Waals surface area contributed by atoms with Gasteiger partial charge in [0.25, 0.3) is 0 Å². The molecule has 2 rings (SSSR count). The lowest BCUT2D eigenvalue weighted by molar-refractivity contribution is 0.0488. The van der Waals surface area contributed by atoms with E-state index in [9.17, 15) is 4.79 Å². The molecule has 0 radical (unpaired) electrons. The van der Waals surface area contributed by atoms with Gasteiger partial charge in [-0.3, -0.25) is 0 Å². The average molecular weight is 318 g/mol. The normalized spacial score (nSPS) is 21.7. The van der Waals surface area contributed by atoms with Crippen molar-refractivity contribution in [1.82, 2.24) is 10.6 Å². The van der Waals surface area contributed by atoms with E-state index in [1.807, 2.05) is 20.8 Å². The van der Waals surface area contributed by atoms with Crippen molar-refractivity contribution in [3.05, 3.63) is 35.4 Å². The SMILES string of the molecule is Cc1cccc(CNC2CCCC(NC(=O)OC(C)(C)C)C2)c1. The number of carbonyl (C=O) groups is 1. The summed E-state index contributed by atoms with van der Waals surface area (Å²) < 4.78 is 5.35. The van der Waals surface area contributed by atoms with Gasteiger partial charge in [-0.1, -0.05) is 29.8 Å². The zero-order valence-electron chi connectivity index (χ0n) is 14.8. The van der Waals surface area contributed by atoms with Gasteiger partial charge < -0.3 is 15.4 Å². The first-order chi connectivity index (χ1) is 10.8. The van der Waals surface area contributed by atoms with Crippen LogP contribution in [-0.2, 0) is 11.3 Å². The number of carbonyl (C=O) groups excluding carboxylic acids is 1. The summed E-state index contributed by atoms with van der Waals surface area (Å²) >= 11 is 0. The molecule has 0 saturated heterocycles. The van der Waals surface area contributed by atoms with Crippen LogP contribution < -0.4 is 10.6 Å². The van der Waals surface area contributed by atoms with E-state index < -0.39 is 5.60 Å². The van der Waals surface area contributed by atoms with Crippen LogP contribution >= 0.6 is 0 Å². The monoisotopic (exact) mass is 318 g/mol. The lowest BCUT2D eigenvalue weighted by Gasteiger charge is -2.31. The molecule has 128 valence electrons. The molecule has 2 N–H and O–H groups in total. The van der Waals surface area contributed by atoms with Crippen LogP contribution in [0, 0.1) is 6.92 Å². The summed E-state index contributed by atoms with van der Waals surface area (Å²) in [5, 5.41) is 6.64. The molecule has 1 amide bonds. The minimum absolute atomic E-state index is 0.202. The fourth-order valence-electron chi connectivity index (χ4n) is 3.06. The van der Waals surface area contributed by atoms with Crippen molar-refractivity contribution in [2.75, 3.05) is 0 Å². The Balaban J connectivity index is 1.78. The molecule has 1 aromatic rings. The van der Waals surface area contributed by atoms with Gasteiger partial charge in [-0.2, -0.15) is 0 Å². The molecule has 4 nitrogen and oxygen atoms in total. The molecule has 1 saturated carbocycles. The van der Waals surface area contributed by atoms with Crippen LogP contribution in [0.5, 0.6) is 0 Å². The summed E-state index contributed by atoms with van der Waals surface area (Å²) in [4.78, 5) is 11.9. The fraction of sp³-hybridized carbons (Fsp3) is 0.632. The highest BCUT2D eigenvalue weighted by Gasteiger charge is 2.25. The smallest absolute Gasteiger partial charge is 0.407 e. The van der Waals surface area contributed by atoms with Crippen LogP contribution in [0.25, 0.3) is 0 Å². The van der Waals surface area contributed by atoms with E-state index in [1.54, 1.807) is 0 Å². The van der Waals surface area contributed by atoms with E-state index in [4.69, 9.17) is 4.74 Å². The van der Waals surface area contributed by atoms with E-state index in [0.717, 1.165) is 32.2 Å². The maximum absolute atomic E-state index is 11.9. The lowest BCUT2D eigenvalue weighted by Crippen LogP contribution is -2.45. The first-order valence-electron chi connectivity index (χ1n) is 8.60. The molecule has 0 spiro atoms. The zero-order chi connectivity index (χ0) is 16.9. The van der Waals surface area contributed by atoms with Crippen LogP contribution in [0.4, 0.5) is 4.79 Å². The van der Waals surface area contributed by atoms with Gasteiger partial charge in [0.15, 0.2) is 0 Å². The first-order valence-corrected chi connectivity index (χ1v) is 8.60. The molecule has 1 aliphatic carbocycles. The molecule has 2 atom stereocenters. The molecule has 0 bridgehead atoms. The summed E-state index contributed by atoms with van der Waals surface area (Å²) in [5.74, 6) is 0. The predicted molar refractivity (Wildman–Crippen MR) is 93.4 cm³/mol. The summed E-state index contributed by atoms with van der Waals surface area (Å²) in [6.45, 7) is 8.66. The molecule has 1 fully saturated rings. The van der Waals surface area contributed by atoms with Gasteiger partial charge in [0.1, 0.15) is 5.60 Å². The third-order valence-electron chi connectivity index (χ3n) is 4.07. The Morgan fingerprint density at radius 1 is 1.26 bits per heavy atom. The Morgan fingerprint density at radius 3 is 2.70 bits per heavy atom. The topological polar surface area (TPSA) is 50.4 Å². The Morgan fingerprint density at radius 2 is 2.00 bits per heavy atom. The highest BCUT2D eigenvalue weighted by atomic mass is 16.6. The van der Waals surface area contributed by atoms with E-state index >= 15 is 0 Å². The standard InChI is InChI=1S/C19H30N2O2/c1-14-7-5-8-15(11-14)13-20-16-9-6-10-17(12-16)21-18(22)23-19(2,3)4/h5,7-8,11,16-17,20H,6,9-10,12-13H2,1-4H3,(H,21,22). The molecule has 1 aliphatic rings. The molecular weight excluding hydrogens is 288 g/mol. The quantitative estimate of drug-likeness (QED) is 0.884. The van der Waals surface area contributed by atoms with Crippen LogP contribution in [0.3, 0.4) is 0 Å². The van der Waals surface area contributed by atoms with Gasteiger partial charge in [-0.25, -0.2) is 4.79 Å². The third-order valence-corrected chi connectivity index (χ3v) is 4.07. The average Bonchev–Trinajstić information content (AvgIpc) is 2.43. The second-order valence-electron chi connectivity index (χ2n) is 7.58. The Kier molecular flexibility index (Phi) is 6.05. The second-order valence-corrected chi connectivity index (χ2v) is 7.58. The van der Waals surface area contributed by atoms with Gasteiger partial charge >= 0.3 is 6.09 Å². The molecule has 1 aromatic carbocycles. The Bertz CT molecular complexity index is 522. The van der Waals surface area contributed by atoms with Crippen molar-refractivity contribution in [3.63, 3.8) is 0 Å². The predicted octanol–water partition coefficient (Wildman–Crippen LogP) is 3.92. The number of benzene rings is 1. The largest absolute Gasteiger partial charge is 0.444 e. The second kappa shape index (κ2) is 7.82. The molecule has 0 aliphatic heterocycles. The van der Waals surface area contributed by atoms with Crippen LogP contribution in [-0.4, -0.2) is 23.8 Å². The lowest BCUT2D eigenvalue weighted by atomic mass is 9.91. The zero-order valence-corrected chi connectivity index (χ0v) is 14.8. The fourth-order valence-corrected chi connectivity index (χ4v) is 3.06. The highest BCUT2D eigenvalue weighted by molar-refractivity contribution is 5.68. The van der Waals surface area contributed by atoms with Crippen LogP contribution in [0.2, 0.25) is 0 Å². The maximum Gasteiger partial charge on any atom is 0.407 e. The number of hydrogen-bond donors (Lipinski definition) is 2. The molecule has 23 heavy (non-hydrogen) atoms. The number of ether oxygens (including phenoxy) is 1. The van der Waals surface area contributed by atoms with Crippen molar-refractivity contribution in [1.29, 1.82) is 0 Å². The van der Waals surface area contributed by atoms with Crippen molar-refractivity contribution >= 4 is 6.09 Å². The number of nitrogens with one attached hydrogen (secondary N) is 2. The van der Waals surface area contributed by atoms with E-state index in [0.29, 0.717) is 6.04 Å². The minimum atomic E-state index is -0.443. The summed E-state index contributed by atoms with van der Waals surface area (Å²) in [6.07, 6.45) is 3.99. The maximum atomic E-state index is 11.9. The first kappa shape index (κ1) is 17.8. The molecular formula is C19H30N2O2. The van der Waals surface area contributed by atoms with Gasteiger partial charge in [0, 0.05) is 18.6 Å². The number of rotatable bonds is 4. The van der Waals surface area contributed by atoms with Crippen molar-refractivity contribution in [2.24, 2.45) is 0 Å². The minimum Gasteiger partial charge on any atom is -0.444 e. The van der Waals surface area contributed by atoms with E-state index in [1.165, 1.54) is 11.1 Å². The Labute approximate surface area is 140 Å². The number of amides is 1. The van der Waals surface area contributed by atoms with Crippen molar-refractivity contribution < 1.29 is 9.53 Å². The van der Waals surface area contributed by atoms with Crippen molar-refractivity contribution in [3.8, 4) is 0 Å². The van der Waals surface area contributed by atoms with Gasteiger partial charge in [0.2, 0.25) is 0 Å². The van der Waals surface area contributed by atoms with E-state index in [-0.39, 0.29) is 12.1 Å². The summed E-state index contributed by atoms with van der Waals surface area (Å²) in [7, 11) is 0. The molecule has 0 aromatic heterocycles. The van der Waals surface area contributed by atoms with Gasteiger partial charge in [-0.05, 0) is 58.9 Å². The summed E-state index contributed by atoms with van der Waals surface area (Å²) in [5.41, 5.74) is 2.16. The van der Waals surface area contributed by atoms with Gasteiger partial charge in [0.05, 0.1) is 0 Å². The number of hydrogen-bond acceptors (Lipinski definition) is 3. The van der Waals surface area contributed by atoms with Crippen molar-refractivity contribution in [2.45, 2.75) is 77.6 Å². The number of alkyl carbamates (subject to hydrolysis) is 1. The van der Waals surface area contributed by atoms with Crippen LogP contribution in [0.15, 0.2) is 24.3 Å². The summed E-state index contributed by atoms with van der Waals surface area (Å²) in [6, 6.07) is 9.23. The Hall–Kier alpha value is -1.55. The molecule has 0 heterocycles.